The van der Waals surface area contributed by atoms with Crippen molar-refractivity contribution in [3.63, 3.8) is 0 Å². The minimum atomic E-state index is -1.14. The lowest BCUT2D eigenvalue weighted by atomic mass is 9.96. The number of aromatic nitrogens is 2. The molecule has 12 heteroatoms. The molecule has 0 spiro atoms. The van der Waals surface area contributed by atoms with Crippen LogP contribution in [0.2, 0.25) is 5.02 Å². The Bertz CT molecular complexity index is 1610. The Kier molecular flexibility index (Phi) is 8.34. The molecule has 1 saturated heterocycles. The first-order chi connectivity index (χ1) is 20.3. The van der Waals surface area contributed by atoms with Crippen molar-refractivity contribution in [3.05, 3.63) is 47.2 Å². The smallest absolute Gasteiger partial charge is 0.408 e. The van der Waals surface area contributed by atoms with Gasteiger partial charge in [-0.1, -0.05) is 16.8 Å². The third-order valence-electron chi connectivity index (χ3n) is 6.61. The third kappa shape index (κ3) is 6.74. The number of carbonyl (C=O) groups excluding carboxylic acids is 1. The number of hydrogen-bond acceptors (Lipinski definition) is 10. The van der Waals surface area contributed by atoms with Crippen LogP contribution in [-0.4, -0.2) is 54.0 Å². The lowest BCUT2D eigenvalue weighted by Gasteiger charge is -2.42. The number of amides is 1. The summed E-state index contributed by atoms with van der Waals surface area (Å²) in [5, 5.41) is 8.15. The van der Waals surface area contributed by atoms with Crippen LogP contribution < -0.4 is 14.8 Å². The van der Waals surface area contributed by atoms with Gasteiger partial charge in [-0.3, -0.25) is 0 Å². The van der Waals surface area contributed by atoms with Gasteiger partial charge in [-0.15, -0.1) is 0 Å². The van der Waals surface area contributed by atoms with Gasteiger partial charge in [0.1, 0.15) is 22.5 Å². The van der Waals surface area contributed by atoms with Crippen LogP contribution in [0, 0.1) is 0 Å². The molecule has 1 N–H and O–H groups in total. The Hall–Kier alpha value is -3.80. The molecular weight excluding hydrogens is 578 g/mol. The van der Waals surface area contributed by atoms with Crippen molar-refractivity contribution >= 4 is 28.7 Å². The number of nitrogens with zero attached hydrogens (tertiary/aromatic N) is 2. The Morgan fingerprint density at radius 3 is 2.40 bits per heavy atom. The van der Waals surface area contributed by atoms with Gasteiger partial charge < -0.3 is 37.9 Å². The molecular formula is C31H36ClN3O8. The molecule has 4 aromatic rings. The normalized spacial score (nSPS) is 16.2. The van der Waals surface area contributed by atoms with Crippen molar-refractivity contribution in [1.29, 1.82) is 0 Å². The Labute approximate surface area is 254 Å². The highest BCUT2D eigenvalue weighted by Crippen LogP contribution is 2.39. The molecule has 1 fully saturated rings. The van der Waals surface area contributed by atoms with E-state index in [9.17, 15) is 4.79 Å². The summed E-state index contributed by atoms with van der Waals surface area (Å²) < 4.78 is 40.6. The SMILES string of the molecule is CCOc1ccc(-c2nc(-c3cc4cc(C5(NC(=O)OC(C)(C)C)COC(C)(C)OC5)oc4cc3Cl)no2)cc1OCC. The van der Waals surface area contributed by atoms with E-state index in [1.54, 1.807) is 65.0 Å². The highest BCUT2D eigenvalue weighted by atomic mass is 35.5. The van der Waals surface area contributed by atoms with Crippen molar-refractivity contribution in [1.82, 2.24) is 15.5 Å². The predicted molar refractivity (Wildman–Crippen MR) is 159 cm³/mol. The summed E-state index contributed by atoms with van der Waals surface area (Å²) in [5.41, 5.74) is -0.135. The minimum absolute atomic E-state index is 0.0969. The van der Waals surface area contributed by atoms with Crippen LogP contribution in [0.3, 0.4) is 0 Å². The highest BCUT2D eigenvalue weighted by molar-refractivity contribution is 6.34. The quantitative estimate of drug-likeness (QED) is 0.220. The molecule has 0 bridgehead atoms. The molecule has 0 unspecified atom stereocenters. The van der Waals surface area contributed by atoms with Crippen molar-refractivity contribution in [2.45, 2.75) is 65.4 Å². The molecule has 2 aromatic heterocycles. The van der Waals surface area contributed by atoms with E-state index in [4.69, 9.17) is 44.2 Å². The van der Waals surface area contributed by atoms with Crippen LogP contribution in [0.15, 0.2) is 45.3 Å². The van der Waals surface area contributed by atoms with Gasteiger partial charge >= 0.3 is 6.09 Å². The average Bonchev–Trinajstić information content (AvgIpc) is 3.57. The summed E-state index contributed by atoms with van der Waals surface area (Å²) in [6.07, 6.45) is -0.625. The summed E-state index contributed by atoms with van der Waals surface area (Å²) in [6, 6.07) is 10.7. The van der Waals surface area contributed by atoms with E-state index < -0.39 is 23.0 Å². The number of alkyl carbamates (subject to hydrolysis) is 1. The first-order valence-corrected chi connectivity index (χ1v) is 14.5. The van der Waals surface area contributed by atoms with Crippen LogP contribution in [0.1, 0.15) is 54.2 Å². The van der Waals surface area contributed by atoms with Gasteiger partial charge in [0.25, 0.3) is 5.89 Å². The molecule has 43 heavy (non-hydrogen) atoms. The fourth-order valence-corrected chi connectivity index (χ4v) is 4.79. The number of hydrogen-bond donors (Lipinski definition) is 1. The molecule has 0 saturated carbocycles. The van der Waals surface area contributed by atoms with Gasteiger partial charge in [0.15, 0.2) is 17.3 Å². The summed E-state index contributed by atoms with van der Waals surface area (Å²) in [4.78, 5) is 17.4. The van der Waals surface area contributed by atoms with Gasteiger partial charge in [-0.05, 0) is 78.8 Å². The van der Waals surface area contributed by atoms with E-state index in [0.29, 0.717) is 69.3 Å². The molecule has 230 valence electrons. The van der Waals surface area contributed by atoms with Gasteiger partial charge in [-0.25, -0.2) is 4.79 Å². The van der Waals surface area contributed by atoms with Crippen LogP contribution in [0.4, 0.5) is 4.79 Å². The second-order valence-corrected chi connectivity index (χ2v) is 12.0. The summed E-state index contributed by atoms with van der Waals surface area (Å²) in [6.45, 7) is 14.0. The average molecular weight is 614 g/mol. The third-order valence-corrected chi connectivity index (χ3v) is 6.92. The van der Waals surface area contributed by atoms with Gasteiger partial charge in [-0.2, -0.15) is 4.98 Å². The zero-order valence-corrected chi connectivity index (χ0v) is 26.1. The minimum Gasteiger partial charge on any atom is -0.490 e. The molecule has 1 aliphatic rings. The molecule has 0 atom stereocenters. The number of nitrogens with one attached hydrogen (secondary N) is 1. The van der Waals surface area contributed by atoms with Crippen LogP contribution >= 0.6 is 11.6 Å². The predicted octanol–water partition coefficient (Wildman–Crippen LogP) is 7.10. The molecule has 0 radical (unpaired) electrons. The number of benzene rings is 2. The topological polar surface area (TPSA) is 127 Å². The maximum Gasteiger partial charge on any atom is 0.408 e. The van der Waals surface area contributed by atoms with E-state index in [1.165, 1.54) is 0 Å². The highest BCUT2D eigenvalue weighted by Gasteiger charge is 2.46. The number of furan rings is 1. The summed E-state index contributed by atoms with van der Waals surface area (Å²) in [7, 11) is 0. The van der Waals surface area contributed by atoms with E-state index in [2.05, 4.69) is 15.5 Å². The van der Waals surface area contributed by atoms with E-state index >= 15 is 0 Å². The van der Waals surface area contributed by atoms with E-state index in [0.717, 1.165) is 0 Å². The summed E-state index contributed by atoms with van der Waals surface area (Å²) in [5.74, 6) is 1.40. The van der Waals surface area contributed by atoms with E-state index in [1.807, 2.05) is 19.9 Å². The van der Waals surface area contributed by atoms with Crippen molar-refractivity contribution in [2.24, 2.45) is 0 Å². The Balaban J connectivity index is 1.47. The van der Waals surface area contributed by atoms with Crippen LogP contribution in [0.25, 0.3) is 33.8 Å². The number of halogens is 1. The molecule has 2 aromatic carbocycles. The Morgan fingerprint density at radius 2 is 1.72 bits per heavy atom. The second-order valence-electron chi connectivity index (χ2n) is 11.6. The van der Waals surface area contributed by atoms with E-state index in [-0.39, 0.29) is 13.2 Å². The van der Waals surface area contributed by atoms with Gasteiger partial charge in [0, 0.05) is 22.6 Å². The molecule has 1 aliphatic heterocycles. The van der Waals surface area contributed by atoms with Crippen molar-refractivity contribution < 1.29 is 37.4 Å². The largest absolute Gasteiger partial charge is 0.490 e. The first kappa shape index (κ1) is 30.7. The maximum absolute atomic E-state index is 12.9. The maximum atomic E-state index is 12.9. The fraction of sp³-hybridized carbons (Fsp3) is 0.452. The zero-order valence-electron chi connectivity index (χ0n) is 25.3. The van der Waals surface area contributed by atoms with Crippen LogP contribution in [-0.2, 0) is 19.7 Å². The van der Waals surface area contributed by atoms with Gasteiger partial charge in [0.2, 0.25) is 5.82 Å². The number of ether oxygens (including phenoxy) is 5. The molecule has 1 amide bonds. The molecule has 3 heterocycles. The lowest BCUT2D eigenvalue weighted by Crippen LogP contribution is -2.59. The van der Waals surface area contributed by atoms with Crippen molar-refractivity contribution in [3.8, 4) is 34.3 Å². The first-order valence-electron chi connectivity index (χ1n) is 14.1. The zero-order chi connectivity index (χ0) is 31.0. The number of fused-ring (bicyclic) bond motifs is 1. The Morgan fingerprint density at radius 1 is 1.02 bits per heavy atom. The standard InChI is InChI=1S/C31H36ClN3O8/c1-8-37-22-11-10-18(13-24(22)38-9-2)27-33-26(35-43-27)20-12-19-14-25(41-23(19)15-21(20)32)31(16-39-30(6,7)40-17-31)34-28(36)42-29(3,4)5/h10-15H,8-9,16-17H2,1-7H3,(H,34,36). The molecule has 11 nitrogen and oxygen atoms in total. The second kappa shape index (κ2) is 11.7. The lowest BCUT2D eigenvalue weighted by molar-refractivity contribution is -0.274. The molecule has 0 aliphatic carbocycles. The number of rotatable bonds is 8. The van der Waals surface area contributed by atoms with Gasteiger partial charge in [0.05, 0.1) is 31.5 Å². The summed E-state index contributed by atoms with van der Waals surface area (Å²) >= 11 is 6.68. The van der Waals surface area contributed by atoms with Crippen molar-refractivity contribution in [2.75, 3.05) is 26.4 Å². The monoisotopic (exact) mass is 613 g/mol. The number of carbonyl (C=O) groups is 1. The van der Waals surface area contributed by atoms with Crippen LogP contribution in [0.5, 0.6) is 11.5 Å². The fourth-order valence-electron chi connectivity index (χ4n) is 4.56. The molecule has 5 rings (SSSR count).